The molecule has 1 N–H and O–H groups in total. The van der Waals surface area contributed by atoms with E-state index in [0.29, 0.717) is 18.5 Å². The fourth-order valence-electron chi connectivity index (χ4n) is 3.55. The minimum Gasteiger partial charge on any atom is -0.395 e. The van der Waals surface area contributed by atoms with Gasteiger partial charge in [0, 0.05) is 48.7 Å². The van der Waals surface area contributed by atoms with Crippen LogP contribution in [0.15, 0.2) is 18.6 Å². The molecule has 0 atom stereocenters. The Bertz CT molecular complexity index is 652. The van der Waals surface area contributed by atoms with E-state index in [9.17, 15) is 5.11 Å². The number of aliphatic hydroxyl groups is 1. The maximum Gasteiger partial charge on any atom is 0.112 e. The third-order valence-electron chi connectivity index (χ3n) is 4.95. The number of imidazole rings is 1. The van der Waals surface area contributed by atoms with Crippen LogP contribution < -0.4 is 0 Å². The maximum atomic E-state index is 9.27. The van der Waals surface area contributed by atoms with Crippen LogP contribution >= 0.6 is 0 Å². The molecular weight excluding hydrogens is 302 g/mol. The Morgan fingerprint density at radius 2 is 2.00 bits per heavy atom. The highest BCUT2D eigenvalue weighted by Crippen LogP contribution is 2.28. The van der Waals surface area contributed by atoms with Crippen molar-refractivity contribution in [1.29, 1.82) is 0 Å². The Morgan fingerprint density at radius 3 is 2.62 bits per heavy atom. The van der Waals surface area contributed by atoms with Crippen molar-refractivity contribution in [2.24, 2.45) is 0 Å². The second kappa shape index (κ2) is 7.49. The predicted molar refractivity (Wildman–Crippen MR) is 93.9 cm³/mol. The van der Waals surface area contributed by atoms with Crippen molar-refractivity contribution < 1.29 is 5.11 Å². The summed E-state index contributed by atoms with van der Waals surface area (Å²) in [7, 11) is 0. The van der Waals surface area contributed by atoms with E-state index in [4.69, 9.17) is 0 Å². The highest BCUT2D eigenvalue weighted by atomic mass is 16.3. The molecule has 0 aromatic carbocycles. The van der Waals surface area contributed by atoms with Crippen LogP contribution in [-0.2, 0) is 13.1 Å². The Morgan fingerprint density at radius 1 is 1.25 bits per heavy atom. The molecule has 2 aromatic heterocycles. The molecule has 1 aliphatic rings. The van der Waals surface area contributed by atoms with Crippen LogP contribution in [0.4, 0.5) is 0 Å². The SMILES string of the molecule is Cc1cnc(C2CCN(Cc3cnn(C(C)C)c3)CC2)n1CCO. The minimum atomic E-state index is 0.170. The zero-order valence-electron chi connectivity index (χ0n) is 15.0. The lowest BCUT2D eigenvalue weighted by molar-refractivity contribution is 0.198. The van der Waals surface area contributed by atoms with E-state index in [0.717, 1.165) is 44.0 Å². The third kappa shape index (κ3) is 3.70. The number of nitrogens with zero attached hydrogens (tertiary/aromatic N) is 5. The third-order valence-corrected chi connectivity index (χ3v) is 4.95. The van der Waals surface area contributed by atoms with Gasteiger partial charge in [0.15, 0.2) is 0 Å². The molecule has 0 spiro atoms. The van der Waals surface area contributed by atoms with E-state index in [1.54, 1.807) is 0 Å². The highest BCUT2D eigenvalue weighted by Gasteiger charge is 2.24. The number of hydrogen-bond acceptors (Lipinski definition) is 4. The molecule has 24 heavy (non-hydrogen) atoms. The van der Waals surface area contributed by atoms with Gasteiger partial charge in [-0.2, -0.15) is 5.10 Å². The Labute approximate surface area is 144 Å². The van der Waals surface area contributed by atoms with Gasteiger partial charge in [-0.3, -0.25) is 9.58 Å². The second-order valence-electron chi connectivity index (χ2n) is 7.11. The van der Waals surface area contributed by atoms with E-state index in [2.05, 4.69) is 46.5 Å². The first kappa shape index (κ1) is 17.2. The molecule has 1 saturated heterocycles. The summed E-state index contributed by atoms with van der Waals surface area (Å²) in [5.74, 6) is 1.65. The molecule has 0 amide bonds. The van der Waals surface area contributed by atoms with Crippen molar-refractivity contribution in [1.82, 2.24) is 24.2 Å². The van der Waals surface area contributed by atoms with Gasteiger partial charge in [-0.25, -0.2) is 4.98 Å². The molecular formula is C18H29N5O. The summed E-state index contributed by atoms with van der Waals surface area (Å²) in [6, 6.07) is 0.415. The van der Waals surface area contributed by atoms with Crippen molar-refractivity contribution in [2.75, 3.05) is 19.7 Å². The van der Waals surface area contributed by atoms with Gasteiger partial charge in [-0.05, 0) is 46.7 Å². The lowest BCUT2D eigenvalue weighted by Gasteiger charge is -2.31. The molecule has 3 rings (SSSR count). The van der Waals surface area contributed by atoms with Crippen LogP contribution in [0.1, 0.15) is 55.7 Å². The summed E-state index contributed by atoms with van der Waals surface area (Å²) in [6.45, 7) is 10.3. The molecule has 6 nitrogen and oxygen atoms in total. The van der Waals surface area contributed by atoms with Crippen molar-refractivity contribution in [3.63, 3.8) is 0 Å². The molecule has 132 valence electrons. The lowest BCUT2D eigenvalue weighted by Crippen LogP contribution is -2.33. The van der Waals surface area contributed by atoms with Crippen LogP contribution in [0, 0.1) is 6.92 Å². The van der Waals surface area contributed by atoms with Crippen LogP contribution in [0.3, 0.4) is 0 Å². The van der Waals surface area contributed by atoms with E-state index in [1.165, 1.54) is 5.56 Å². The summed E-state index contributed by atoms with van der Waals surface area (Å²) in [5, 5.41) is 13.7. The number of rotatable bonds is 6. The summed E-state index contributed by atoms with van der Waals surface area (Å²) in [6.07, 6.45) is 8.33. The van der Waals surface area contributed by atoms with Gasteiger partial charge in [0.1, 0.15) is 5.82 Å². The average molecular weight is 331 g/mol. The molecule has 0 radical (unpaired) electrons. The largest absolute Gasteiger partial charge is 0.395 e. The summed E-state index contributed by atoms with van der Waals surface area (Å²) in [5.41, 5.74) is 2.43. The van der Waals surface area contributed by atoms with E-state index >= 15 is 0 Å². The van der Waals surface area contributed by atoms with Crippen LogP contribution in [0.2, 0.25) is 0 Å². The van der Waals surface area contributed by atoms with Crippen LogP contribution in [-0.4, -0.2) is 49.0 Å². The van der Waals surface area contributed by atoms with Gasteiger partial charge in [0.25, 0.3) is 0 Å². The van der Waals surface area contributed by atoms with Gasteiger partial charge in [-0.1, -0.05) is 0 Å². The first-order valence-corrected chi connectivity index (χ1v) is 8.96. The van der Waals surface area contributed by atoms with Gasteiger partial charge < -0.3 is 9.67 Å². The highest BCUT2D eigenvalue weighted by molar-refractivity contribution is 5.10. The topological polar surface area (TPSA) is 59.1 Å². The first-order valence-electron chi connectivity index (χ1n) is 8.96. The number of aliphatic hydroxyl groups excluding tert-OH is 1. The van der Waals surface area contributed by atoms with Crippen molar-refractivity contribution in [3.05, 3.63) is 35.7 Å². The zero-order valence-corrected chi connectivity index (χ0v) is 15.0. The van der Waals surface area contributed by atoms with Crippen molar-refractivity contribution >= 4 is 0 Å². The normalized spacial score (nSPS) is 17.0. The maximum absolute atomic E-state index is 9.27. The number of aromatic nitrogens is 4. The van der Waals surface area contributed by atoms with Crippen LogP contribution in [0.25, 0.3) is 0 Å². The zero-order chi connectivity index (χ0) is 17.1. The van der Waals surface area contributed by atoms with E-state index < -0.39 is 0 Å². The van der Waals surface area contributed by atoms with Crippen molar-refractivity contribution in [2.45, 2.75) is 58.7 Å². The quantitative estimate of drug-likeness (QED) is 0.883. The molecule has 6 heteroatoms. The minimum absolute atomic E-state index is 0.170. The first-order chi connectivity index (χ1) is 11.6. The number of aryl methyl sites for hydroxylation is 1. The lowest BCUT2D eigenvalue weighted by atomic mass is 9.95. The summed E-state index contributed by atoms with van der Waals surface area (Å²) >= 11 is 0. The molecule has 2 aromatic rings. The molecule has 0 aliphatic carbocycles. The molecule has 1 aliphatic heterocycles. The molecule has 0 saturated carbocycles. The number of hydrogen-bond donors (Lipinski definition) is 1. The standard InChI is InChI=1S/C18H29N5O/c1-14(2)23-13-16(11-20-23)12-21-6-4-17(5-7-21)18-19-10-15(3)22(18)8-9-24/h10-11,13-14,17,24H,4-9,12H2,1-3H3. The monoisotopic (exact) mass is 331 g/mol. The molecule has 1 fully saturated rings. The van der Waals surface area contributed by atoms with E-state index in [-0.39, 0.29) is 6.61 Å². The smallest absolute Gasteiger partial charge is 0.112 e. The molecule has 0 bridgehead atoms. The summed E-state index contributed by atoms with van der Waals surface area (Å²) < 4.78 is 4.20. The number of likely N-dealkylation sites (tertiary alicyclic amines) is 1. The Balaban J connectivity index is 1.57. The molecule has 0 unspecified atom stereocenters. The second-order valence-corrected chi connectivity index (χ2v) is 7.11. The fraction of sp³-hybridized carbons (Fsp3) is 0.667. The van der Waals surface area contributed by atoms with Gasteiger partial charge in [0.2, 0.25) is 0 Å². The number of piperidine rings is 1. The van der Waals surface area contributed by atoms with Crippen LogP contribution in [0.5, 0.6) is 0 Å². The Hall–Kier alpha value is -1.66. The van der Waals surface area contributed by atoms with Gasteiger partial charge in [0.05, 0.1) is 12.8 Å². The average Bonchev–Trinajstić information content (AvgIpc) is 3.17. The predicted octanol–water partition coefficient (Wildman–Crippen LogP) is 2.34. The van der Waals surface area contributed by atoms with Crippen molar-refractivity contribution in [3.8, 4) is 0 Å². The van der Waals surface area contributed by atoms with Gasteiger partial charge >= 0.3 is 0 Å². The van der Waals surface area contributed by atoms with Gasteiger partial charge in [-0.15, -0.1) is 0 Å². The Kier molecular flexibility index (Phi) is 5.36. The van der Waals surface area contributed by atoms with E-state index in [1.807, 2.05) is 17.1 Å². The molecule has 3 heterocycles. The fourth-order valence-corrected chi connectivity index (χ4v) is 3.55. The summed E-state index contributed by atoms with van der Waals surface area (Å²) in [4.78, 5) is 7.11.